The van der Waals surface area contributed by atoms with Crippen molar-refractivity contribution in [3.8, 4) is 11.5 Å². The normalized spacial score (nSPS) is 15.2. The molecule has 1 heterocycles. The number of hydrogen-bond donors (Lipinski definition) is 0. The van der Waals surface area contributed by atoms with Gasteiger partial charge in [0.15, 0.2) is 5.70 Å². The minimum absolute atomic E-state index is 0.188. The van der Waals surface area contributed by atoms with Crippen LogP contribution in [0.3, 0.4) is 0 Å². The van der Waals surface area contributed by atoms with Gasteiger partial charge in [0, 0.05) is 22.2 Å². The van der Waals surface area contributed by atoms with Crippen molar-refractivity contribution in [2.24, 2.45) is 4.99 Å². The van der Waals surface area contributed by atoms with Crippen molar-refractivity contribution in [1.29, 1.82) is 0 Å². The molecule has 0 spiro atoms. The zero-order valence-corrected chi connectivity index (χ0v) is 13.8. The lowest BCUT2D eigenvalue weighted by atomic mass is 10.1. The Balaban J connectivity index is 1.97. The fraction of sp³-hybridized carbons (Fsp3) is 0.111. The van der Waals surface area contributed by atoms with E-state index in [0.717, 1.165) is 0 Å². The van der Waals surface area contributed by atoms with Crippen molar-refractivity contribution >= 4 is 29.5 Å². The number of carbonyl (C=O) groups is 1. The third-order valence-electron chi connectivity index (χ3n) is 3.42. The molecular formula is C18H14ClNO4. The van der Waals surface area contributed by atoms with Gasteiger partial charge >= 0.3 is 5.97 Å². The number of methoxy groups -OCH3 is 2. The molecule has 0 aromatic heterocycles. The third-order valence-corrected chi connectivity index (χ3v) is 3.66. The molecule has 3 rings (SSSR count). The molecule has 0 unspecified atom stereocenters. The predicted molar refractivity (Wildman–Crippen MR) is 91.6 cm³/mol. The standard InChI is InChI=1S/C18H14ClNO4/c1-22-14-7-6-11(16(10-14)23-2)9-15-18(21)24-17(20-15)12-4-3-5-13(19)8-12/h3-10H,1-2H3. The summed E-state index contributed by atoms with van der Waals surface area (Å²) in [6.45, 7) is 0. The molecule has 122 valence electrons. The van der Waals surface area contributed by atoms with Crippen molar-refractivity contribution in [2.45, 2.75) is 0 Å². The SMILES string of the molecule is COc1ccc(C=C2N=C(c3cccc(Cl)c3)OC2=O)c(OC)c1. The fourth-order valence-electron chi connectivity index (χ4n) is 2.24. The Bertz CT molecular complexity index is 858. The van der Waals surface area contributed by atoms with Crippen molar-refractivity contribution in [3.05, 3.63) is 64.3 Å². The van der Waals surface area contributed by atoms with Gasteiger partial charge in [-0.1, -0.05) is 17.7 Å². The van der Waals surface area contributed by atoms with Gasteiger partial charge in [0.2, 0.25) is 5.90 Å². The number of cyclic esters (lactones) is 1. The van der Waals surface area contributed by atoms with Crippen LogP contribution in [-0.2, 0) is 9.53 Å². The van der Waals surface area contributed by atoms with Crippen LogP contribution >= 0.6 is 11.6 Å². The second-order valence-corrected chi connectivity index (χ2v) is 5.39. The molecule has 0 amide bonds. The van der Waals surface area contributed by atoms with Crippen molar-refractivity contribution in [1.82, 2.24) is 0 Å². The zero-order chi connectivity index (χ0) is 17.1. The smallest absolute Gasteiger partial charge is 0.363 e. The maximum Gasteiger partial charge on any atom is 0.363 e. The van der Waals surface area contributed by atoms with Crippen LogP contribution in [0.5, 0.6) is 11.5 Å². The first-order valence-electron chi connectivity index (χ1n) is 7.11. The summed E-state index contributed by atoms with van der Waals surface area (Å²) in [5.74, 6) is 0.927. The first-order chi connectivity index (χ1) is 11.6. The van der Waals surface area contributed by atoms with E-state index in [4.69, 9.17) is 25.8 Å². The lowest BCUT2D eigenvalue weighted by Crippen LogP contribution is -2.05. The van der Waals surface area contributed by atoms with Gasteiger partial charge < -0.3 is 14.2 Å². The molecule has 0 aliphatic carbocycles. The average Bonchev–Trinajstić information content (AvgIpc) is 2.96. The van der Waals surface area contributed by atoms with Crippen LogP contribution in [0.1, 0.15) is 11.1 Å². The minimum Gasteiger partial charge on any atom is -0.497 e. The Morgan fingerprint density at radius 3 is 2.67 bits per heavy atom. The molecular weight excluding hydrogens is 330 g/mol. The van der Waals surface area contributed by atoms with E-state index in [1.54, 1.807) is 62.8 Å². The highest BCUT2D eigenvalue weighted by molar-refractivity contribution is 6.31. The topological polar surface area (TPSA) is 57.1 Å². The number of aliphatic imine (C=N–C) groups is 1. The molecule has 0 fully saturated rings. The molecule has 1 aliphatic heterocycles. The summed E-state index contributed by atoms with van der Waals surface area (Å²) < 4.78 is 15.7. The Morgan fingerprint density at radius 1 is 1.12 bits per heavy atom. The van der Waals surface area contributed by atoms with Gasteiger partial charge in [-0.25, -0.2) is 9.79 Å². The van der Waals surface area contributed by atoms with E-state index < -0.39 is 5.97 Å². The highest BCUT2D eigenvalue weighted by atomic mass is 35.5. The average molecular weight is 344 g/mol. The highest BCUT2D eigenvalue weighted by Crippen LogP contribution is 2.28. The maximum atomic E-state index is 12.1. The van der Waals surface area contributed by atoms with Gasteiger partial charge in [0.25, 0.3) is 0 Å². The minimum atomic E-state index is -0.525. The molecule has 0 saturated carbocycles. The number of nitrogens with zero attached hydrogens (tertiary/aromatic N) is 1. The van der Waals surface area contributed by atoms with Gasteiger partial charge in [-0.05, 0) is 36.4 Å². The van der Waals surface area contributed by atoms with Crippen LogP contribution < -0.4 is 9.47 Å². The fourth-order valence-corrected chi connectivity index (χ4v) is 2.43. The van der Waals surface area contributed by atoms with Crippen molar-refractivity contribution in [3.63, 3.8) is 0 Å². The first kappa shape index (κ1) is 16.1. The highest BCUT2D eigenvalue weighted by Gasteiger charge is 2.24. The molecule has 2 aromatic rings. The van der Waals surface area contributed by atoms with Crippen LogP contribution in [-0.4, -0.2) is 26.1 Å². The zero-order valence-electron chi connectivity index (χ0n) is 13.1. The number of benzene rings is 2. The van der Waals surface area contributed by atoms with Gasteiger partial charge in [0.05, 0.1) is 14.2 Å². The molecule has 0 N–H and O–H groups in total. The van der Waals surface area contributed by atoms with Crippen LogP contribution in [0.15, 0.2) is 53.2 Å². The summed E-state index contributed by atoms with van der Waals surface area (Å²) in [6, 6.07) is 12.2. The van der Waals surface area contributed by atoms with Crippen molar-refractivity contribution in [2.75, 3.05) is 14.2 Å². The van der Waals surface area contributed by atoms with Gasteiger partial charge in [-0.15, -0.1) is 0 Å². The van der Waals surface area contributed by atoms with Gasteiger partial charge in [0.1, 0.15) is 11.5 Å². The molecule has 2 aromatic carbocycles. The summed E-state index contributed by atoms with van der Waals surface area (Å²) in [5.41, 5.74) is 1.52. The van der Waals surface area contributed by atoms with Crippen LogP contribution in [0.4, 0.5) is 0 Å². The van der Waals surface area contributed by atoms with E-state index in [0.29, 0.717) is 27.6 Å². The van der Waals surface area contributed by atoms with E-state index in [2.05, 4.69) is 4.99 Å². The Hall–Kier alpha value is -2.79. The number of esters is 1. The molecule has 1 aliphatic rings. The largest absolute Gasteiger partial charge is 0.497 e. The molecule has 5 nitrogen and oxygen atoms in total. The Labute approximate surface area is 144 Å². The molecule has 0 saturated heterocycles. The van der Waals surface area contributed by atoms with E-state index in [1.165, 1.54) is 0 Å². The summed E-state index contributed by atoms with van der Waals surface area (Å²) >= 11 is 5.96. The number of carbonyl (C=O) groups excluding carboxylic acids is 1. The quantitative estimate of drug-likeness (QED) is 0.627. The van der Waals surface area contributed by atoms with E-state index in [9.17, 15) is 4.79 Å². The summed E-state index contributed by atoms with van der Waals surface area (Å²) in [6.07, 6.45) is 1.61. The number of ether oxygens (including phenoxy) is 3. The third kappa shape index (κ3) is 3.26. The maximum absolute atomic E-state index is 12.1. The molecule has 6 heteroatoms. The summed E-state index contributed by atoms with van der Waals surface area (Å²) in [5, 5.41) is 0.542. The Morgan fingerprint density at radius 2 is 1.96 bits per heavy atom. The van der Waals surface area contributed by atoms with Gasteiger partial charge in [-0.3, -0.25) is 0 Å². The number of hydrogen-bond acceptors (Lipinski definition) is 5. The van der Waals surface area contributed by atoms with Gasteiger partial charge in [-0.2, -0.15) is 0 Å². The second-order valence-electron chi connectivity index (χ2n) is 4.95. The molecule has 0 radical (unpaired) electrons. The monoisotopic (exact) mass is 343 g/mol. The van der Waals surface area contributed by atoms with E-state index >= 15 is 0 Å². The summed E-state index contributed by atoms with van der Waals surface area (Å²) in [7, 11) is 3.12. The van der Waals surface area contributed by atoms with Crippen LogP contribution in [0.25, 0.3) is 6.08 Å². The number of halogens is 1. The lowest BCUT2D eigenvalue weighted by Gasteiger charge is -2.07. The lowest BCUT2D eigenvalue weighted by molar-refractivity contribution is -0.129. The van der Waals surface area contributed by atoms with E-state index in [-0.39, 0.29) is 11.6 Å². The predicted octanol–water partition coefficient (Wildman–Crippen LogP) is 3.70. The second kappa shape index (κ2) is 6.76. The van der Waals surface area contributed by atoms with Crippen LogP contribution in [0.2, 0.25) is 5.02 Å². The van der Waals surface area contributed by atoms with Crippen molar-refractivity contribution < 1.29 is 19.0 Å². The van der Waals surface area contributed by atoms with E-state index in [1.807, 2.05) is 0 Å². The summed E-state index contributed by atoms with van der Waals surface area (Å²) in [4.78, 5) is 16.3. The molecule has 0 bridgehead atoms. The van der Waals surface area contributed by atoms with Crippen LogP contribution in [0, 0.1) is 0 Å². The first-order valence-corrected chi connectivity index (χ1v) is 7.49. The number of rotatable bonds is 4. The Kier molecular flexibility index (Phi) is 4.53. The molecule has 24 heavy (non-hydrogen) atoms. The molecule has 0 atom stereocenters.